The molecule has 0 bridgehead atoms. The van der Waals surface area contributed by atoms with E-state index in [-0.39, 0.29) is 5.75 Å². The minimum absolute atomic E-state index is 0.109. The van der Waals surface area contributed by atoms with Gasteiger partial charge in [0.2, 0.25) is 0 Å². The summed E-state index contributed by atoms with van der Waals surface area (Å²) in [5.41, 5.74) is 4.91. The van der Waals surface area contributed by atoms with E-state index in [2.05, 4.69) is 25.1 Å². The highest BCUT2D eigenvalue weighted by Crippen LogP contribution is 2.42. The van der Waals surface area contributed by atoms with Crippen LogP contribution in [0, 0.1) is 6.92 Å². The Morgan fingerprint density at radius 2 is 1.78 bits per heavy atom. The summed E-state index contributed by atoms with van der Waals surface area (Å²) in [6.07, 6.45) is 2.04. The van der Waals surface area contributed by atoms with E-state index in [1.807, 2.05) is 36.6 Å². The second-order valence-electron chi connectivity index (χ2n) is 6.22. The summed E-state index contributed by atoms with van der Waals surface area (Å²) in [6, 6.07) is 19.6. The molecule has 27 heavy (non-hydrogen) atoms. The maximum Gasteiger partial charge on any atom is 0.161 e. The standard InChI is InChI=1S/C23H19O3S/c1-14-6-4-5-7-17(14)15-9-11-20-18(12-15)23(27-3)22(26-20)16-8-10-19(24)21(13-16)25-2/h4-13,24H,1H2,2-3H3. The largest absolute Gasteiger partial charge is 0.504 e. The summed E-state index contributed by atoms with van der Waals surface area (Å²) in [5, 5.41) is 10.9. The number of thioether (sulfide) groups is 1. The normalized spacial score (nSPS) is 11.1. The van der Waals surface area contributed by atoms with Gasteiger partial charge in [-0.25, -0.2) is 0 Å². The minimum atomic E-state index is 0.109. The Kier molecular flexibility index (Phi) is 4.58. The van der Waals surface area contributed by atoms with Crippen molar-refractivity contribution in [3.8, 4) is 33.9 Å². The molecule has 0 aliphatic carbocycles. The van der Waals surface area contributed by atoms with Crippen molar-refractivity contribution in [1.29, 1.82) is 0 Å². The zero-order valence-electron chi connectivity index (χ0n) is 15.2. The monoisotopic (exact) mass is 375 g/mol. The maximum atomic E-state index is 9.87. The molecule has 1 N–H and O–H groups in total. The van der Waals surface area contributed by atoms with Crippen molar-refractivity contribution >= 4 is 22.7 Å². The van der Waals surface area contributed by atoms with Crippen LogP contribution in [0.2, 0.25) is 0 Å². The first-order chi connectivity index (χ1) is 13.1. The molecule has 0 saturated heterocycles. The molecule has 4 aromatic rings. The summed E-state index contributed by atoms with van der Waals surface area (Å²) >= 11 is 1.64. The quantitative estimate of drug-likeness (QED) is 0.420. The van der Waals surface area contributed by atoms with Crippen molar-refractivity contribution in [2.24, 2.45) is 0 Å². The van der Waals surface area contributed by atoms with E-state index in [1.54, 1.807) is 23.9 Å². The van der Waals surface area contributed by atoms with Gasteiger partial charge in [0.25, 0.3) is 0 Å². The van der Waals surface area contributed by atoms with E-state index < -0.39 is 0 Å². The van der Waals surface area contributed by atoms with Crippen LogP contribution < -0.4 is 4.74 Å². The number of fused-ring (bicyclic) bond motifs is 1. The molecule has 3 aromatic carbocycles. The van der Waals surface area contributed by atoms with E-state index in [9.17, 15) is 5.11 Å². The molecule has 1 radical (unpaired) electrons. The van der Waals surface area contributed by atoms with Gasteiger partial charge in [-0.05, 0) is 60.2 Å². The topological polar surface area (TPSA) is 42.6 Å². The molecule has 0 saturated carbocycles. The Morgan fingerprint density at radius 1 is 1.00 bits per heavy atom. The van der Waals surface area contributed by atoms with Crippen LogP contribution in [0.4, 0.5) is 0 Å². The van der Waals surface area contributed by atoms with Crippen molar-refractivity contribution in [2.45, 2.75) is 4.90 Å². The van der Waals surface area contributed by atoms with Gasteiger partial charge in [0, 0.05) is 10.9 Å². The van der Waals surface area contributed by atoms with E-state index in [4.69, 9.17) is 9.15 Å². The van der Waals surface area contributed by atoms with Crippen LogP contribution in [0.5, 0.6) is 11.5 Å². The van der Waals surface area contributed by atoms with Gasteiger partial charge in [0.1, 0.15) is 11.3 Å². The van der Waals surface area contributed by atoms with Gasteiger partial charge < -0.3 is 14.3 Å². The lowest BCUT2D eigenvalue weighted by Gasteiger charge is -2.06. The summed E-state index contributed by atoms with van der Waals surface area (Å²) in [5.74, 6) is 1.31. The highest BCUT2D eigenvalue weighted by molar-refractivity contribution is 7.99. The highest BCUT2D eigenvalue weighted by atomic mass is 32.2. The van der Waals surface area contributed by atoms with Crippen LogP contribution in [0.3, 0.4) is 0 Å². The number of aromatic hydroxyl groups is 1. The zero-order chi connectivity index (χ0) is 19.0. The summed E-state index contributed by atoms with van der Waals surface area (Å²) in [4.78, 5) is 1.06. The van der Waals surface area contributed by atoms with Gasteiger partial charge in [0.05, 0.1) is 12.0 Å². The first kappa shape index (κ1) is 17.6. The SMILES string of the molecule is [CH2]c1ccccc1-c1ccc2oc(-c3ccc(O)c(OC)c3)c(SC)c2c1. The van der Waals surface area contributed by atoms with Crippen molar-refractivity contribution in [1.82, 2.24) is 0 Å². The van der Waals surface area contributed by atoms with Crippen molar-refractivity contribution in [2.75, 3.05) is 13.4 Å². The number of hydrogen-bond donors (Lipinski definition) is 1. The lowest BCUT2D eigenvalue weighted by atomic mass is 9.99. The number of phenolic OH excluding ortho intramolecular Hbond substituents is 1. The number of ether oxygens (including phenoxy) is 1. The second kappa shape index (κ2) is 7.05. The van der Waals surface area contributed by atoms with Gasteiger partial charge in [-0.1, -0.05) is 30.3 Å². The maximum absolute atomic E-state index is 9.87. The third-order valence-electron chi connectivity index (χ3n) is 4.62. The molecule has 0 amide bonds. The Morgan fingerprint density at radius 3 is 2.52 bits per heavy atom. The fraction of sp³-hybridized carbons (Fsp3) is 0.0870. The van der Waals surface area contributed by atoms with E-state index in [0.717, 1.165) is 43.9 Å². The molecule has 1 aromatic heterocycles. The van der Waals surface area contributed by atoms with Crippen LogP contribution in [0.25, 0.3) is 33.4 Å². The first-order valence-electron chi connectivity index (χ1n) is 8.51. The predicted octanol–water partition coefficient (Wildman–Crippen LogP) is 6.39. The molecule has 4 rings (SSSR count). The number of rotatable bonds is 4. The Hall–Kier alpha value is -2.85. The molecule has 0 spiro atoms. The van der Waals surface area contributed by atoms with E-state index in [1.165, 1.54) is 7.11 Å². The number of benzene rings is 3. The number of methoxy groups -OCH3 is 1. The van der Waals surface area contributed by atoms with E-state index in [0.29, 0.717) is 5.75 Å². The van der Waals surface area contributed by atoms with Gasteiger partial charge in [0.15, 0.2) is 11.5 Å². The van der Waals surface area contributed by atoms with Crippen LogP contribution in [0.1, 0.15) is 5.56 Å². The Labute approximate surface area is 162 Å². The molecular weight excluding hydrogens is 356 g/mol. The molecule has 3 nitrogen and oxygen atoms in total. The lowest BCUT2D eigenvalue weighted by Crippen LogP contribution is -1.85. The molecule has 0 unspecified atom stereocenters. The lowest BCUT2D eigenvalue weighted by molar-refractivity contribution is 0.373. The third-order valence-corrected chi connectivity index (χ3v) is 5.43. The number of phenols is 1. The molecule has 0 atom stereocenters. The highest BCUT2D eigenvalue weighted by Gasteiger charge is 2.18. The van der Waals surface area contributed by atoms with Crippen LogP contribution in [0.15, 0.2) is 70.0 Å². The van der Waals surface area contributed by atoms with Crippen molar-refractivity contribution in [3.05, 3.63) is 73.2 Å². The van der Waals surface area contributed by atoms with Gasteiger partial charge in [-0.15, -0.1) is 11.8 Å². The molecular formula is C23H19O3S. The molecule has 4 heteroatoms. The Balaban J connectivity index is 1.90. The van der Waals surface area contributed by atoms with Crippen LogP contribution in [-0.4, -0.2) is 18.5 Å². The van der Waals surface area contributed by atoms with Gasteiger partial charge in [-0.2, -0.15) is 0 Å². The average Bonchev–Trinajstić information content (AvgIpc) is 3.06. The second-order valence-corrected chi connectivity index (χ2v) is 7.04. The fourth-order valence-corrected chi connectivity index (χ4v) is 3.98. The van der Waals surface area contributed by atoms with E-state index >= 15 is 0 Å². The summed E-state index contributed by atoms with van der Waals surface area (Å²) in [7, 11) is 1.54. The zero-order valence-corrected chi connectivity index (χ0v) is 16.0. The Bertz CT molecular complexity index is 1130. The first-order valence-corrected chi connectivity index (χ1v) is 9.74. The minimum Gasteiger partial charge on any atom is -0.504 e. The fourth-order valence-electron chi connectivity index (χ4n) is 3.26. The van der Waals surface area contributed by atoms with Gasteiger partial charge in [-0.3, -0.25) is 0 Å². The number of furan rings is 1. The van der Waals surface area contributed by atoms with Crippen LogP contribution >= 0.6 is 11.8 Å². The molecule has 0 aliphatic rings. The molecule has 0 aliphatic heterocycles. The number of hydrogen-bond acceptors (Lipinski definition) is 4. The molecule has 1 heterocycles. The van der Waals surface area contributed by atoms with Crippen molar-refractivity contribution < 1.29 is 14.3 Å². The van der Waals surface area contributed by atoms with Gasteiger partial charge >= 0.3 is 0 Å². The predicted molar refractivity (Wildman–Crippen MR) is 112 cm³/mol. The van der Waals surface area contributed by atoms with Crippen molar-refractivity contribution in [3.63, 3.8) is 0 Å². The van der Waals surface area contributed by atoms with Crippen LogP contribution in [-0.2, 0) is 0 Å². The summed E-state index contributed by atoms with van der Waals surface area (Å²) in [6.45, 7) is 4.13. The summed E-state index contributed by atoms with van der Waals surface area (Å²) < 4.78 is 11.4. The molecule has 0 fully saturated rings. The third kappa shape index (κ3) is 3.06. The molecule has 135 valence electrons. The average molecular weight is 375 g/mol. The smallest absolute Gasteiger partial charge is 0.161 e.